The number of methoxy groups -OCH3 is 1. The van der Waals surface area contributed by atoms with Gasteiger partial charge in [-0.05, 0) is 85.9 Å². The molecular weight excluding hydrogens is 340 g/mol. The number of esters is 1. The molecule has 27 heavy (non-hydrogen) atoms. The second-order valence-corrected chi connectivity index (χ2v) is 9.84. The van der Waals surface area contributed by atoms with Crippen molar-refractivity contribution >= 4 is 11.9 Å². The van der Waals surface area contributed by atoms with Crippen molar-refractivity contribution in [3.05, 3.63) is 24.3 Å². The lowest BCUT2D eigenvalue weighted by atomic mass is 9.73. The Labute approximate surface area is 161 Å². The van der Waals surface area contributed by atoms with Gasteiger partial charge in [0.1, 0.15) is 0 Å². The van der Waals surface area contributed by atoms with E-state index >= 15 is 0 Å². The van der Waals surface area contributed by atoms with Gasteiger partial charge in [-0.1, -0.05) is 24.3 Å². The van der Waals surface area contributed by atoms with Gasteiger partial charge in [0, 0.05) is 0 Å². The van der Waals surface area contributed by atoms with E-state index in [2.05, 4.69) is 23.0 Å². The predicted molar refractivity (Wildman–Crippen MR) is 101 cm³/mol. The van der Waals surface area contributed by atoms with Crippen LogP contribution in [0.1, 0.15) is 44.9 Å². The van der Waals surface area contributed by atoms with Crippen LogP contribution in [-0.2, 0) is 14.3 Å². The number of carbonyl (C=O) groups is 2. The minimum atomic E-state index is -0.910. The summed E-state index contributed by atoms with van der Waals surface area (Å²) >= 11 is 0. The van der Waals surface area contributed by atoms with Crippen molar-refractivity contribution in [1.82, 2.24) is 0 Å². The van der Waals surface area contributed by atoms with E-state index in [-0.39, 0.29) is 12.3 Å². The minimum absolute atomic E-state index is 0.000833. The Hall–Kier alpha value is -1.58. The smallest absolute Gasteiger partial charge is 0.310 e. The lowest BCUT2D eigenvalue weighted by molar-refractivity contribution is -0.158. The van der Waals surface area contributed by atoms with Crippen molar-refractivity contribution < 1.29 is 19.4 Å². The van der Waals surface area contributed by atoms with Gasteiger partial charge in [-0.3, -0.25) is 9.59 Å². The molecule has 4 heteroatoms. The number of fused-ring (bicyclic) bond motifs is 11. The van der Waals surface area contributed by atoms with Crippen molar-refractivity contribution in [3.8, 4) is 0 Å². The molecule has 4 nitrogen and oxygen atoms in total. The molecule has 146 valence electrons. The Morgan fingerprint density at radius 1 is 1.00 bits per heavy atom. The number of carbonyl (C=O) groups excluding carboxylic acids is 1. The Morgan fingerprint density at radius 2 is 1.67 bits per heavy atom. The summed E-state index contributed by atoms with van der Waals surface area (Å²) in [6.07, 6.45) is 16.8. The molecular formula is C23H30O4. The summed E-state index contributed by atoms with van der Waals surface area (Å²) in [5.74, 6) is 5.68. The zero-order valence-corrected chi connectivity index (χ0v) is 16.0. The van der Waals surface area contributed by atoms with Crippen molar-refractivity contribution in [2.75, 3.05) is 7.11 Å². The fourth-order valence-electron chi connectivity index (χ4n) is 7.79. The van der Waals surface area contributed by atoms with Crippen LogP contribution in [0.5, 0.6) is 0 Å². The number of hydrogen-bond donors (Lipinski definition) is 1. The predicted octanol–water partition coefficient (Wildman–Crippen LogP) is 4.07. The highest BCUT2D eigenvalue weighted by Gasteiger charge is 2.57. The normalized spacial score (nSPS) is 49.2. The van der Waals surface area contributed by atoms with Gasteiger partial charge in [0.2, 0.25) is 0 Å². The molecule has 1 N–H and O–H groups in total. The van der Waals surface area contributed by atoms with Gasteiger partial charge < -0.3 is 9.84 Å². The first kappa shape index (κ1) is 17.5. The molecule has 0 spiro atoms. The fourth-order valence-corrected chi connectivity index (χ4v) is 7.79. The summed E-state index contributed by atoms with van der Waals surface area (Å²) in [4.78, 5) is 22.6. The molecule has 0 aromatic rings. The van der Waals surface area contributed by atoms with Crippen LogP contribution in [0.3, 0.4) is 0 Å². The monoisotopic (exact) mass is 370 g/mol. The van der Waals surface area contributed by atoms with Crippen molar-refractivity contribution in [3.63, 3.8) is 0 Å². The fraction of sp³-hybridized carbons (Fsp3) is 0.739. The van der Waals surface area contributed by atoms with Crippen LogP contribution in [0.4, 0.5) is 0 Å². The first-order valence-electron chi connectivity index (χ1n) is 10.7. The van der Waals surface area contributed by atoms with Crippen LogP contribution in [0.15, 0.2) is 24.3 Å². The Morgan fingerprint density at radius 3 is 2.15 bits per heavy atom. The van der Waals surface area contributed by atoms with E-state index in [9.17, 15) is 14.7 Å². The molecule has 9 atom stereocenters. The highest BCUT2D eigenvalue weighted by molar-refractivity contribution is 5.83. The maximum absolute atomic E-state index is 11.3. The third kappa shape index (κ3) is 2.55. The maximum atomic E-state index is 11.3. The van der Waals surface area contributed by atoms with Crippen LogP contribution in [0, 0.1) is 52.8 Å². The Balaban J connectivity index is 0.000000121. The highest BCUT2D eigenvalue weighted by Crippen LogP contribution is 2.65. The van der Waals surface area contributed by atoms with E-state index in [1.807, 2.05) is 6.08 Å². The van der Waals surface area contributed by atoms with Gasteiger partial charge in [-0.25, -0.2) is 0 Å². The molecule has 0 aliphatic heterocycles. The SMILES string of the molecule is C1=CC2CC1C1C3CCC(C3)C21.COC(=O)CC1(C(=O)O)CC2C=CC1C2. The summed E-state index contributed by atoms with van der Waals surface area (Å²) < 4.78 is 4.57. The van der Waals surface area contributed by atoms with E-state index < -0.39 is 17.4 Å². The number of carboxylic acid groups (broad SMARTS) is 1. The Bertz CT molecular complexity index is 685. The van der Waals surface area contributed by atoms with Crippen molar-refractivity contribution in [2.24, 2.45) is 52.8 Å². The molecule has 6 aliphatic rings. The van der Waals surface area contributed by atoms with Gasteiger partial charge in [0.15, 0.2) is 0 Å². The highest BCUT2D eigenvalue weighted by atomic mass is 16.5. The second kappa shape index (κ2) is 6.22. The molecule has 4 saturated carbocycles. The van der Waals surface area contributed by atoms with Crippen LogP contribution in [0.2, 0.25) is 0 Å². The van der Waals surface area contributed by atoms with Crippen molar-refractivity contribution in [2.45, 2.75) is 44.9 Å². The molecule has 0 aromatic carbocycles. The lowest BCUT2D eigenvalue weighted by Gasteiger charge is -2.31. The molecule has 9 unspecified atom stereocenters. The zero-order valence-electron chi connectivity index (χ0n) is 16.0. The quantitative estimate of drug-likeness (QED) is 0.462. The molecule has 6 aliphatic carbocycles. The molecule has 0 saturated heterocycles. The number of allylic oxidation sites excluding steroid dienone is 4. The lowest BCUT2D eigenvalue weighted by Crippen LogP contribution is -2.37. The number of ether oxygens (including phenoxy) is 1. The van der Waals surface area contributed by atoms with E-state index in [1.54, 1.807) is 19.3 Å². The summed E-state index contributed by atoms with van der Waals surface area (Å²) in [6, 6.07) is 0. The first-order chi connectivity index (χ1) is 13.0. The second-order valence-electron chi connectivity index (χ2n) is 9.84. The first-order valence-corrected chi connectivity index (χ1v) is 10.7. The van der Waals surface area contributed by atoms with E-state index in [4.69, 9.17) is 0 Å². The summed E-state index contributed by atoms with van der Waals surface area (Å²) in [5, 5.41) is 9.29. The molecule has 0 aromatic heterocycles. The number of rotatable bonds is 3. The molecule has 6 bridgehead atoms. The number of carboxylic acids is 1. The molecule has 0 amide bonds. The third-order valence-electron chi connectivity index (χ3n) is 8.81. The summed E-state index contributed by atoms with van der Waals surface area (Å²) in [5.41, 5.74) is -0.910. The molecule has 0 heterocycles. The van der Waals surface area contributed by atoms with Crippen molar-refractivity contribution in [1.29, 1.82) is 0 Å². The van der Waals surface area contributed by atoms with Gasteiger partial charge in [0.25, 0.3) is 0 Å². The van der Waals surface area contributed by atoms with Crippen LogP contribution < -0.4 is 0 Å². The zero-order chi connectivity index (χ0) is 18.8. The Kier molecular flexibility index (Phi) is 4.03. The minimum Gasteiger partial charge on any atom is -0.481 e. The molecule has 4 fully saturated rings. The number of hydrogen-bond acceptors (Lipinski definition) is 3. The summed E-state index contributed by atoms with van der Waals surface area (Å²) in [6.45, 7) is 0. The largest absolute Gasteiger partial charge is 0.481 e. The van der Waals surface area contributed by atoms with Crippen LogP contribution in [-0.4, -0.2) is 24.2 Å². The van der Waals surface area contributed by atoms with E-state index in [0.29, 0.717) is 12.3 Å². The number of aliphatic carboxylic acids is 1. The average Bonchev–Trinajstić information content (AvgIpc) is 3.49. The van der Waals surface area contributed by atoms with Gasteiger partial charge >= 0.3 is 11.9 Å². The molecule has 0 radical (unpaired) electrons. The summed E-state index contributed by atoms with van der Waals surface area (Å²) in [7, 11) is 1.29. The van der Waals surface area contributed by atoms with Gasteiger partial charge in [0.05, 0.1) is 18.9 Å². The van der Waals surface area contributed by atoms with E-state index in [0.717, 1.165) is 41.9 Å². The molecule has 6 rings (SSSR count). The third-order valence-corrected chi connectivity index (χ3v) is 8.81. The average molecular weight is 370 g/mol. The van der Waals surface area contributed by atoms with Gasteiger partial charge in [-0.2, -0.15) is 0 Å². The van der Waals surface area contributed by atoms with E-state index in [1.165, 1.54) is 13.5 Å². The van der Waals surface area contributed by atoms with Gasteiger partial charge in [-0.15, -0.1) is 0 Å². The standard InChI is InChI=1S/C12H16.C11H14O4/c1-2-8-5-7(1)11-9-3-4-10(6-9)12(8)11;1-15-9(12)6-11(10(13)14)5-7-2-3-8(11)4-7/h1-2,7-12H,3-6H2;2-3,7-8H,4-6H2,1H3,(H,13,14). The van der Waals surface area contributed by atoms with Crippen LogP contribution in [0.25, 0.3) is 0 Å². The topological polar surface area (TPSA) is 63.6 Å². The van der Waals surface area contributed by atoms with Crippen LogP contribution >= 0.6 is 0 Å². The maximum Gasteiger partial charge on any atom is 0.310 e.